The molecule has 0 aliphatic carbocycles. The Kier molecular flexibility index (Phi) is 11.7. The van der Waals surface area contributed by atoms with Crippen LogP contribution in [0.15, 0.2) is 79.0 Å². The zero-order valence-electron chi connectivity index (χ0n) is 27.5. The van der Waals surface area contributed by atoms with Crippen molar-refractivity contribution in [3.05, 3.63) is 101 Å². The highest BCUT2D eigenvalue weighted by Crippen LogP contribution is 2.26. The number of para-hydroxylation sites is 1. The molecule has 0 amide bonds. The van der Waals surface area contributed by atoms with E-state index in [-0.39, 0.29) is 0 Å². The number of nitrogens with zero attached hydrogens (tertiary/aromatic N) is 5. The van der Waals surface area contributed by atoms with Crippen LogP contribution in [0.1, 0.15) is 55.5 Å². The number of unbranched alkanes of at least 4 members (excludes halogenated alkanes) is 1. The summed E-state index contributed by atoms with van der Waals surface area (Å²) in [5.41, 5.74) is 4.79. The quantitative estimate of drug-likeness (QED) is 0.130. The standard InChI is InChI=1S/C39H50ClN5O/c1-32-9-7-13-37-39(32)41-38(31-46-36-16-14-35(40)15-17-36)45(37)23-8-12-34-19-24-42(25-20-34)21-5-6-22-43-27-29-44(30-28-43)26-18-33-10-3-2-4-11-33/h2-4,7,9-11,13-18,26,34H,5-6,8,12,19-25,27-31H2,1H3/b26-18+. The van der Waals surface area contributed by atoms with E-state index in [1.807, 2.05) is 24.3 Å². The molecule has 2 saturated heterocycles. The van der Waals surface area contributed by atoms with Crippen molar-refractivity contribution in [3.8, 4) is 5.75 Å². The first-order valence-corrected chi connectivity index (χ1v) is 17.7. The van der Waals surface area contributed by atoms with E-state index in [9.17, 15) is 0 Å². The number of rotatable bonds is 14. The Balaban J connectivity index is 0.875. The van der Waals surface area contributed by atoms with Gasteiger partial charge in [-0.3, -0.25) is 4.90 Å². The number of halogens is 1. The molecular weight excluding hydrogens is 590 g/mol. The van der Waals surface area contributed by atoms with Crippen molar-refractivity contribution in [3.63, 3.8) is 0 Å². The van der Waals surface area contributed by atoms with E-state index in [0.29, 0.717) is 11.6 Å². The SMILES string of the molecule is Cc1cccc2c1nc(COc1ccc(Cl)cc1)n2CCCC1CCN(CCCCN2CCN(/C=C/c3ccccc3)CC2)CC1. The fourth-order valence-electron chi connectivity index (χ4n) is 6.97. The highest BCUT2D eigenvalue weighted by atomic mass is 35.5. The molecule has 46 heavy (non-hydrogen) atoms. The third-order valence-electron chi connectivity index (χ3n) is 9.83. The minimum absolute atomic E-state index is 0.455. The number of benzene rings is 3. The van der Waals surface area contributed by atoms with Gasteiger partial charge in [0.25, 0.3) is 0 Å². The molecule has 0 radical (unpaired) electrons. The van der Waals surface area contributed by atoms with Crippen LogP contribution < -0.4 is 4.74 Å². The topological polar surface area (TPSA) is 36.8 Å². The van der Waals surface area contributed by atoms with Crippen LogP contribution in [0.4, 0.5) is 0 Å². The van der Waals surface area contributed by atoms with Crippen LogP contribution in [0.2, 0.25) is 5.02 Å². The Labute approximate surface area is 280 Å². The predicted molar refractivity (Wildman–Crippen MR) is 191 cm³/mol. The Morgan fingerprint density at radius 1 is 0.783 bits per heavy atom. The average molecular weight is 640 g/mol. The van der Waals surface area contributed by atoms with Crippen molar-refractivity contribution in [2.75, 3.05) is 52.4 Å². The van der Waals surface area contributed by atoms with Crippen molar-refractivity contribution in [2.24, 2.45) is 5.92 Å². The van der Waals surface area contributed by atoms with Crippen LogP contribution in [0.5, 0.6) is 5.75 Å². The highest BCUT2D eigenvalue weighted by molar-refractivity contribution is 6.30. The number of ether oxygens (including phenoxy) is 1. The summed E-state index contributed by atoms with van der Waals surface area (Å²) in [6.45, 7) is 13.2. The van der Waals surface area contributed by atoms with Crippen molar-refractivity contribution in [2.45, 2.75) is 58.6 Å². The monoisotopic (exact) mass is 639 g/mol. The number of fused-ring (bicyclic) bond motifs is 1. The van der Waals surface area contributed by atoms with Gasteiger partial charge in [-0.05, 0) is 131 Å². The van der Waals surface area contributed by atoms with Gasteiger partial charge in [0.15, 0.2) is 0 Å². The van der Waals surface area contributed by atoms with Gasteiger partial charge in [-0.2, -0.15) is 0 Å². The van der Waals surface area contributed by atoms with E-state index >= 15 is 0 Å². The molecule has 0 unspecified atom stereocenters. The normalized spacial score (nSPS) is 17.0. The van der Waals surface area contributed by atoms with Gasteiger partial charge in [-0.1, -0.05) is 54.1 Å². The molecule has 0 spiro atoms. The molecule has 0 atom stereocenters. The number of piperazine rings is 1. The van der Waals surface area contributed by atoms with Crippen molar-refractivity contribution < 1.29 is 4.74 Å². The zero-order valence-corrected chi connectivity index (χ0v) is 28.3. The predicted octanol–water partition coefficient (Wildman–Crippen LogP) is 8.14. The summed E-state index contributed by atoms with van der Waals surface area (Å²) >= 11 is 6.05. The minimum Gasteiger partial charge on any atom is -0.486 e. The molecule has 2 aliphatic heterocycles. The summed E-state index contributed by atoms with van der Waals surface area (Å²) in [7, 11) is 0. The third kappa shape index (κ3) is 9.15. The summed E-state index contributed by atoms with van der Waals surface area (Å²) in [6.07, 6.45) is 12.2. The van der Waals surface area contributed by atoms with Gasteiger partial charge in [-0.25, -0.2) is 4.98 Å². The third-order valence-corrected chi connectivity index (χ3v) is 10.1. The first-order valence-electron chi connectivity index (χ1n) is 17.4. The van der Waals surface area contributed by atoms with Gasteiger partial charge in [0, 0.05) is 37.7 Å². The first-order chi connectivity index (χ1) is 22.6. The van der Waals surface area contributed by atoms with E-state index in [1.54, 1.807) is 0 Å². The van der Waals surface area contributed by atoms with Gasteiger partial charge >= 0.3 is 0 Å². The number of aryl methyl sites for hydroxylation is 2. The number of hydrogen-bond acceptors (Lipinski definition) is 5. The molecule has 0 saturated carbocycles. The highest BCUT2D eigenvalue weighted by Gasteiger charge is 2.20. The first kappa shape index (κ1) is 32.6. The van der Waals surface area contributed by atoms with Gasteiger partial charge in [0.2, 0.25) is 0 Å². The average Bonchev–Trinajstić information content (AvgIpc) is 3.45. The Morgan fingerprint density at radius 2 is 1.50 bits per heavy atom. The molecule has 0 bridgehead atoms. The molecular formula is C39H50ClN5O. The van der Waals surface area contributed by atoms with Crippen molar-refractivity contribution in [1.82, 2.24) is 24.3 Å². The van der Waals surface area contributed by atoms with Gasteiger partial charge in [0.1, 0.15) is 18.2 Å². The fraction of sp³-hybridized carbons (Fsp3) is 0.462. The van der Waals surface area contributed by atoms with E-state index in [0.717, 1.165) is 42.6 Å². The molecule has 6 nitrogen and oxygen atoms in total. The van der Waals surface area contributed by atoms with Crippen LogP contribution >= 0.6 is 11.6 Å². The summed E-state index contributed by atoms with van der Waals surface area (Å²) in [5.74, 6) is 2.64. The Bertz CT molecular complexity index is 1520. The summed E-state index contributed by atoms with van der Waals surface area (Å²) in [6, 6.07) is 24.7. The van der Waals surface area contributed by atoms with E-state index in [1.165, 1.54) is 94.4 Å². The molecule has 2 aliphatic rings. The Morgan fingerprint density at radius 3 is 2.24 bits per heavy atom. The molecule has 3 heterocycles. The molecule has 2 fully saturated rings. The van der Waals surface area contributed by atoms with Gasteiger partial charge in [-0.15, -0.1) is 0 Å². The second-order valence-electron chi connectivity index (χ2n) is 13.1. The van der Waals surface area contributed by atoms with Crippen LogP contribution in [0, 0.1) is 12.8 Å². The van der Waals surface area contributed by atoms with Crippen molar-refractivity contribution in [1.29, 1.82) is 0 Å². The number of piperidine rings is 1. The Hall–Kier alpha value is -3.32. The lowest BCUT2D eigenvalue weighted by Crippen LogP contribution is -2.44. The maximum Gasteiger partial charge on any atom is 0.148 e. The molecule has 4 aromatic rings. The van der Waals surface area contributed by atoms with E-state index in [2.05, 4.69) is 87.0 Å². The smallest absolute Gasteiger partial charge is 0.148 e. The summed E-state index contributed by atoms with van der Waals surface area (Å²) in [5, 5.41) is 0.717. The lowest BCUT2D eigenvalue weighted by molar-refractivity contribution is 0.154. The molecule has 6 rings (SSSR count). The minimum atomic E-state index is 0.455. The van der Waals surface area contributed by atoms with Crippen LogP contribution in [0.3, 0.4) is 0 Å². The maximum absolute atomic E-state index is 6.11. The molecule has 7 heteroatoms. The molecule has 0 N–H and O–H groups in total. The summed E-state index contributed by atoms with van der Waals surface area (Å²) in [4.78, 5) is 12.8. The van der Waals surface area contributed by atoms with E-state index < -0.39 is 0 Å². The van der Waals surface area contributed by atoms with Gasteiger partial charge < -0.3 is 19.1 Å². The molecule has 1 aromatic heterocycles. The largest absolute Gasteiger partial charge is 0.486 e. The zero-order chi connectivity index (χ0) is 31.6. The maximum atomic E-state index is 6.11. The molecule has 244 valence electrons. The van der Waals surface area contributed by atoms with Crippen LogP contribution in [-0.4, -0.2) is 76.6 Å². The van der Waals surface area contributed by atoms with Crippen LogP contribution in [0.25, 0.3) is 17.1 Å². The number of likely N-dealkylation sites (tertiary alicyclic amines) is 1. The lowest BCUT2D eigenvalue weighted by atomic mass is 9.92. The molecule has 3 aromatic carbocycles. The summed E-state index contributed by atoms with van der Waals surface area (Å²) < 4.78 is 8.50. The van der Waals surface area contributed by atoms with Crippen LogP contribution in [-0.2, 0) is 13.2 Å². The van der Waals surface area contributed by atoms with Gasteiger partial charge in [0.05, 0.1) is 11.0 Å². The number of imidazole rings is 1. The second kappa shape index (κ2) is 16.5. The second-order valence-corrected chi connectivity index (χ2v) is 13.5. The number of aromatic nitrogens is 2. The van der Waals surface area contributed by atoms with E-state index in [4.69, 9.17) is 21.3 Å². The fourth-order valence-corrected chi connectivity index (χ4v) is 7.10. The van der Waals surface area contributed by atoms with Crippen molar-refractivity contribution >= 4 is 28.7 Å². The number of hydrogen-bond donors (Lipinski definition) is 0. The lowest BCUT2D eigenvalue weighted by Gasteiger charge is -2.34.